The van der Waals surface area contributed by atoms with Crippen LogP contribution in [0.5, 0.6) is 0 Å². The predicted molar refractivity (Wildman–Crippen MR) is 112 cm³/mol. The van der Waals surface area contributed by atoms with Crippen LogP contribution in [0.1, 0.15) is 25.0 Å². The Morgan fingerprint density at radius 3 is 2.85 bits per heavy atom. The molecule has 0 amide bonds. The number of thiophene rings is 1. The second-order valence-corrected chi connectivity index (χ2v) is 8.58. The maximum absolute atomic E-state index is 12.7. The Bertz CT molecular complexity index is 988. The van der Waals surface area contributed by atoms with Crippen molar-refractivity contribution in [3.8, 4) is 10.4 Å². The van der Waals surface area contributed by atoms with Crippen LogP contribution in [-0.4, -0.2) is 40.3 Å². The zero-order valence-corrected chi connectivity index (χ0v) is 16.8. The molecule has 0 atom stereocenters. The average Bonchev–Trinajstić information content (AvgIpc) is 3.04. The summed E-state index contributed by atoms with van der Waals surface area (Å²) < 4.78 is 0. The molecule has 3 aromatic rings. The van der Waals surface area contributed by atoms with Crippen molar-refractivity contribution in [2.24, 2.45) is 0 Å². The summed E-state index contributed by atoms with van der Waals surface area (Å²) in [6.45, 7) is 7.46. The molecule has 1 aromatic carbocycles. The molecular weight excluding hydrogens is 362 g/mol. The van der Waals surface area contributed by atoms with Crippen molar-refractivity contribution in [2.75, 3.05) is 25.4 Å². The minimum absolute atomic E-state index is 0.0113. The maximum Gasteiger partial charge on any atom is 0.260 e. The minimum Gasteiger partial charge on any atom is -0.303 e. The molecule has 2 aromatic heterocycles. The van der Waals surface area contributed by atoms with Crippen LogP contribution in [0.2, 0.25) is 0 Å². The van der Waals surface area contributed by atoms with E-state index in [0.717, 1.165) is 53.6 Å². The zero-order chi connectivity index (χ0) is 18.1. The SMILES string of the molecule is CCN(CC)CCSc1nc2sc3c(c2c(=O)[nH]1)CCc1ccccc1-3. The van der Waals surface area contributed by atoms with Crippen molar-refractivity contribution in [3.63, 3.8) is 0 Å². The van der Waals surface area contributed by atoms with Gasteiger partial charge in [0.1, 0.15) is 4.83 Å². The van der Waals surface area contributed by atoms with Crippen LogP contribution >= 0.6 is 23.1 Å². The van der Waals surface area contributed by atoms with E-state index >= 15 is 0 Å². The van der Waals surface area contributed by atoms with Gasteiger partial charge in [0.25, 0.3) is 5.56 Å². The highest BCUT2D eigenvalue weighted by Crippen LogP contribution is 2.42. The normalized spacial score (nSPS) is 13.2. The number of aromatic nitrogens is 2. The Labute approximate surface area is 161 Å². The largest absolute Gasteiger partial charge is 0.303 e. The molecule has 0 radical (unpaired) electrons. The third kappa shape index (κ3) is 3.21. The van der Waals surface area contributed by atoms with Gasteiger partial charge < -0.3 is 9.88 Å². The smallest absolute Gasteiger partial charge is 0.260 e. The molecular formula is C20H23N3OS2. The summed E-state index contributed by atoms with van der Waals surface area (Å²) >= 11 is 3.30. The highest BCUT2D eigenvalue weighted by molar-refractivity contribution is 7.99. The summed E-state index contributed by atoms with van der Waals surface area (Å²) in [7, 11) is 0. The first kappa shape index (κ1) is 17.8. The lowest BCUT2D eigenvalue weighted by molar-refractivity contribution is 0.324. The summed E-state index contributed by atoms with van der Waals surface area (Å²) in [5.74, 6) is 0.935. The second kappa shape index (κ2) is 7.55. The third-order valence-electron chi connectivity index (χ3n) is 5.09. The fourth-order valence-corrected chi connectivity index (χ4v) is 5.81. The van der Waals surface area contributed by atoms with E-state index in [1.165, 1.54) is 21.6 Å². The molecule has 1 aliphatic carbocycles. The van der Waals surface area contributed by atoms with Crippen LogP contribution in [0.25, 0.3) is 20.7 Å². The molecule has 2 heterocycles. The van der Waals surface area contributed by atoms with Crippen LogP contribution in [0.4, 0.5) is 0 Å². The topological polar surface area (TPSA) is 49.0 Å². The number of aryl methyl sites for hydroxylation is 2. The molecule has 1 N–H and O–H groups in total. The molecule has 1 aliphatic rings. The molecule has 0 aliphatic heterocycles. The molecule has 0 saturated heterocycles. The number of fused-ring (bicyclic) bond motifs is 5. The monoisotopic (exact) mass is 385 g/mol. The number of H-pyrrole nitrogens is 1. The molecule has 136 valence electrons. The number of hydrogen-bond donors (Lipinski definition) is 1. The van der Waals surface area contributed by atoms with Gasteiger partial charge >= 0.3 is 0 Å². The molecule has 0 bridgehead atoms. The van der Waals surface area contributed by atoms with E-state index in [0.29, 0.717) is 0 Å². The van der Waals surface area contributed by atoms with Gasteiger partial charge in [-0.1, -0.05) is 49.9 Å². The molecule has 0 unspecified atom stereocenters. The molecule has 26 heavy (non-hydrogen) atoms. The van der Waals surface area contributed by atoms with E-state index in [4.69, 9.17) is 4.98 Å². The van der Waals surface area contributed by atoms with E-state index in [2.05, 4.69) is 48.0 Å². The molecule has 0 saturated carbocycles. The van der Waals surface area contributed by atoms with Crippen molar-refractivity contribution >= 4 is 33.3 Å². The van der Waals surface area contributed by atoms with Crippen LogP contribution in [-0.2, 0) is 12.8 Å². The summed E-state index contributed by atoms with van der Waals surface area (Å²) in [4.78, 5) is 25.0. The number of rotatable bonds is 6. The van der Waals surface area contributed by atoms with Crippen molar-refractivity contribution < 1.29 is 0 Å². The van der Waals surface area contributed by atoms with Crippen LogP contribution < -0.4 is 5.56 Å². The standard InChI is InChI=1S/C20H23N3OS2/c1-3-23(4-2)11-12-25-20-21-18(24)16-15-10-9-13-7-5-6-8-14(13)17(15)26-19(16)22-20/h5-8H,3-4,9-12H2,1-2H3,(H,21,22,24). The molecule has 6 heteroatoms. The van der Waals surface area contributed by atoms with E-state index in [-0.39, 0.29) is 5.56 Å². The lowest BCUT2D eigenvalue weighted by Crippen LogP contribution is -2.25. The van der Waals surface area contributed by atoms with Gasteiger partial charge in [-0.05, 0) is 42.6 Å². The third-order valence-corrected chi connectivity index (χ3v) is 7.10. The van der Waals surface area contributed by atoms with Gasteiger partial charge in [-0.3, -0.25) is 4.79 Å². The summed E-state index contributed by atoms with van der Waals surface area (Å²) in [6, 6.07) is 8.52. The number of benzene rings is 1. The first-order valence-corrected chi connectivity index (χ1v) is 11.0. The first-order valence-electron chi connectivity index (χ1n) is 9.20. The lowest BCUT2D eigenvalue weighted by atomic mass is 9.90. The fourth-order valence-electron chi connectivity index (χ4n) is 3.60. The van der Waals surface area contributed by atoms with Gasteiger partial charge in [0.2, 0.25) is 0 Å². The van der Waals surface area contributed by atoms with Crippen molar-refractivity contribution in [1.29, 1.82) is 0 Å². The maximum atomic E-state index is 12.7. The average molecular weight is 386 g/mol. The molecule has 0 fully saturated rings. The van der Waals surface area contributed by atoms with Gasteiger partial charge in [0.15, 0.2) is 5.16 Å². The zero-order valence-electron chi connectivity index (χ0n) is 15.2. The Morgan fingerprint density at radius 2 is 2.04 bits per heavy atom. The summed E-state index contributed by atoms with van der Waals surface area (Å²) in [5.41, 5.74) is 3.83. The number of thioether (sulfide) groups is 1. The minimum atomic E-state index is 0.0113. The Kier molecular flexibility index (Phi) is 5.16. The highest BCUT2D eigenvalue weighted by Gasteiger charge is 2.23. The number of aromatic amines is 1. The lowest BCUT2D eigenvalue weighted by Gasteiger charge is -2.16. The van der Waals surface area contributed by atoms with Crippen LogP contribution in [0.15, 0.2) is 34.2 Å². The summed E-state index contributed by atoms with van der Waals surface area (Å²) in [5, 5.41) is 1.54. The second-order valence-electron chi connectivity index (χ2n) is 6.49. The molecule has 4 nitrogen and oxygen atoms in total. The van der Waals surface area contributed by atoms with Gasteiger partial charge in [-0.25, -0.2) is 4.98 Å². The van der Waals surface area contributed by atoms with E-state index in [9.17, 15) is 4.79 Å². The van der Waals surface area contributed by atoms with Gasteiger partial charge in [-0.15, -0.1) is 11.3 Å². The van der Waals surface area contributed by atoms with Gasteiger partial charge in [0.05, 0.1) is 5.39 Å². The highest BCUT2D eigenvalue weighted by atomic mass is 32.2. The van der Waals surface area contributed by atoms with E-state index in [1.807, 2.05) is 0 Å². The number of hydrogen-bond acceptors (Lipinski definition) is 5. The van der Waals surface area contributed by atoms with Gasteiger partial charge in [0, 0.05) is 17.2 Å². The fraction of sp³-hybridized carbons (Fsp3) is 0.400. The summed E-state index contributed by atoms with van der Waals surface area (Å²) in [6.07, 6.45) is 1.92. The van der Waals surface area contributed by atoms with Crippen LogP contribution in [0.3, 0.4) is 0 Å². The molecule has 4 rings (SSSR count). The Morgan fingerprint density at radius 1 is 1.23 bits per heavy atom. The van der Waals surface area contributed by atoms with Crippen molar-refractivity contribution in [1.82, 2.24) is 14.9 Å². The van der Waals surface area contributed by atoms with Crippen LogP contribution in [0, 0.1) is 0 Å². The van der Waals surface area contributed by atoms with Crippen molar-refractivity contribution in [3.05, 3.63) is 45.7 Å². The number of nitrogens with one attached hydrogen (secondary N) is 1. The van der Waals surface area contributed by atoms with Gasteiger partial charge in [-0.2, -0.15) is 0 Å². The quantitative estimate of drug-likeness (QED) is 0.511. The number of nitrogens with zero attached hydrogens (tertiary/aromatic N) is 2. The van der Waals surface area contributed by atoms with E-state index in [1.54, 1.807) is 23.1 Å². The Hall–Kier alpha value is -1.63. The Balaban J connectivity index is 1.66. The predicted octanol–water partition coefficient (Wildman–Crippen LogP) is 4.18. The molecule has 0 spiro atoms. The van der Waals surface area contributed by atoms with E-state index < -0.39 is 0 Å². The van der Waals surface area contributed by atoms with Crippen molar-refractivity contribution in [2.45, 2.75) is 31.8 Å². The first-order chi connectivity index (χ1) is 12.7.